The first-order chi connectivity index (χ1) is 23.6. The molecule has 0 saturated heterocycles. The number of thioether (sulfide) groups is 1. The van der Waals surface area contributed by atoms with Gasteiger partial charge in [0, 0.05) is 21.8 Å². The van der Waals surface area contributed by atoms with Gasteiger partial charge < -0.3 is 16.0 Å². The molecule has 49 heavy (non-hydrogen) atoms. The lowest BCUT2D eigenvalue weighted by Crippen LogP contribution is -2.30. The van der Waals surface area contributed by atoms with Crippen molar-refractivity contribution in [2.45, 2.75) is 29.7 Å². The highest BCUT2D eigenvalue weighted by atomic mass is 32.2. The Kier molecular flexibility index (Phi) is 11.3. The number of hydrogen-bond acceptors (Lipinski definition) is 4. The normalized spacial score (nSPS) is 12.1. The van der Waals surface area contributed by atoms with Crippen LogP contribution < -0.4 is 16.0 Å². The fraction of sp³-hybridized carbons (Fsp3) is 0.103. The van der Waals surface area contributed by atoms with Gasteiger partial charge in [-0.05, 0) is 77.7 Å². The van der Waals surface area contributed by atoms with Gasteiger partial charge in [0.15, 0.2) is 0 Å². The molecule has 10 heteroatoms. The Morgan fingerprint density at radius 3 is 1.98 bits per heavy atom. The fourth-order valence-electron chi connectivity index (χ4n) is 4.84. The van der Waals surface area contributed by atoms with Crippen LogP contribution in [0.25, 0.3) is 17.2 Å². The zero-order valence-electron chi connectivity index (χ0n) is 26.3. The molecular weight excluding hydrogens is 648 g/mol. The van der Waals surface area contributed by atoms with E-state index in [1.165, 1.54) is 23.9 Å². The van der Waals surface area contributed by atoms with Gasteiger partial charge in [0.25, 0.3) is 11.8 Å². The van der Waals surface area contributed by atoms with Crippen LogP contribution in [0.2, 0.25) is 0 Å². The molecule has 5 aromatic carbocycles. The first-order valence-corrected chi connectivity index (χ1v) is 16.3. The topological polar surface area (TPSA) is 87.3 Å². The maximum atomic E-state index is 13.6. The van der Waals surface area contributed by atoms with Gasteiger partial charge in [-0.1, -0.05) is 91.9 Å². The van der Waals surface area contributed by atoms with E-state index in [0.717, 1.165) is 23.3 Å². The van der Waals surface area contributed by atoms with E-state index in [9.17, 15) is 27.6 Å². The molecule has 0 spiro atoms. The van der Waals surface area contributed by atoms with Crippen LogP contribution in [-0.2, 0) is 15.8 Å². The fourth-order valence-corrected chi connectivity index (χ4v) is 5.85. The molecule has 3 amide bonds. The van der Waals surface area contributed by atoms with Crippen LogP contribution in [0.5, 0.6) is 0 Å². The first kappa shape index (κ1) is 34.7. The second kappa shape index (κ2) is 16.0. The van der Waals surface area contributed by atoms with Gasteiger partial charge >= 0.3 is 6.18 Å². The van der Waals surface area contributed by atoms with E-state index < -0.39 is 34.7 Å². The summed E-state index contributed by atoms with van der Waals surface area (Å²) in [4.78, 5) is 40.4. The number of alkyl halides is 3. The third-order valence-electron chi connectivity index (χ3n) is 7.35. The van der Waals surface area contributed by atoms with Crippen molar-refractivity contribution in [1.82, 2.24) is 5.32 Å². The summed E-state index contributed by atoms with van der Waals surface area (Å²) in [5.41, 5.74) is 2.75. The van der Waals surface area contributed by atoms with Gasteiger partial charge in [0.05, 0.1) is 10.8 Å². The average Bonchev–Trinajstić information content (AvgIpc) is 3.11. The Labute approximate surface area is 286 Å². The summed E-state index contributed by atoms with van der Waals surface area (Å²) in [5.74, 6) is -1.47. The third-order valence-corrected chi connectivity index (χ3v) is 8.71. The van der Waals surface area contributed by atoms with Crippen molar-refractivity contribution in [2.75, 3.05) is 10.6 Å². The second-order valence-corrected chi connectivity index (χ2v) is 12.2. The summed E-state index contributed by atoms with van der Waals surface area (Å²) >= 11 is 1.22. The van der Waals surface area contributed by atoms with Crippen LogP contribution >= 0.6 is 11.8 Å². The summed E-state index contributed by atoms with van der Waals surface area (Å²) in [5, 5.41) is 7.52. The standard InChI is InChI=1S/C39H32F3N3O3S/c1-2-35(38(48)44-31-16-9-15-30(24-31)39(40,41)42)49-33-18-10-17-32(25-33)43-37(47)34(45-36(46)29-13-7-4-8-14-29)23-26-19-21-28(22-20-26)27-11-5-3-6-12-27/h3-25,35H,2H2,1H3,(H,43,47)(H,44,48)(H,45,46)/b34-23+. The highest BCUT2D eigenvalue weighted by molar-refractivity contribution is 8.00. The lowest BCUT2D eigenvalue weighted by Gasteiger charge is -2.16. The highest BCUT2D eigenvalue weighted by Crippen LogP contribution is 2.32. The van der Waals surface area contributed by atoms with E-state index in [0.29, 0.717) is 28.1 Å². The van der Waals surface area contributed by atoms with Crippen molar-refractivity contribution in [1.29, 1.82) is 0 Å². The predicted octanol–water partition coefficient (Wildman–Crippen LogP) is 9.29. The molecule has 1 atom stereocenters. The van der Waals surface area contributed by atoms with Crippen LogP contribution in [0.1, 0.15) is 34.8 Å². The maximum Gasteiger partial charge on any atom is 0.416 e. The molecule has 0 bridgehead atoms. The monoisotopic (exact) mass is 679 g/mol. The molecule has 3 N–H and O–H groups in total. The van der Waals surface area contributed by atoms with E-state index in [2.05, 4.69) is 16.0 Å². The molecule has 0 aliphatic heterocycles. The van der Waals surface area contributed by atoms with Crippen LogP contribution in [0.3, 0.4) is 0 Å². The predicted molar refractivity (Wildman–Crippen MR) is 189 cm³/mol. The number of carbonyl (C=O) groups excluding carboxylic acids is 3. The molecule has 5 aromatic rings. The summed E-state index contributed by atoms with van der Waals surface area (Å²) < 4.78 is 39.4. The molecule has 5 rings (SSSR count). The van der Waals surface area contributed by atoms with Gasteiger partial charge in [-0.2, -0.15) is 13.2 Å². The molecule has 1 unspecified atom stereocenters. The minimum Gasteiger partial charge on any atom is -0.325 e. The van der Waals surface area contributed by atoms with Crippen molar-refractivity contribution in [3.63, 3.8) is 0 Å². The average molecular weight is 680 g/mol. The molecule has 0 aliphatic rings. The number of nitrogens with one attached hydrogen (secondary N) is 3. The number of benzene rings is 5. The minimum absolute atomic E-state index is 0.0197. The zero-order chi connectivity index (χ0) is 34.8. The van der Waals surface area contributed by atoms with Gasteiger partial charge in [-0.3, -0.25) is 14.4 Å². The molecule has 248 valence electrons. The largest absolute Gasteiger partial charge is 0.416 e. The summed E-state index contributed by atoms with van der Waals surface area (Å²) in [6, 6.07) is 37.3. The van der Waals surface area contributed by atoms with Crippen LogP contribution in [0.15, 0.2) is 144 Å². The smallest absolute Gasteiger partial charge is 0.325 e. The zero-order valence-corrected chi connectivity index (χ0v) is 27.1. The molecule has 0 aromatic heterocycles. The number of hydrogen-bond donors (Lipinski definition) is 3. The SMILES string of the molecule is CCC(Sc1cccc(NC(=O)/C(=C\c2ccc(-c3ccccc3)cc2)NC(=O)c2ccccc2)c1)C(=O)Nc1cccc(C(F)(F)F)c1. The number of rotatable bonds is 11. The lowest BCUT2D eigenvalue weighted by molar-refractivity contribution is -0.137. The summed E-state index contributed by atoms with van der Waals surface area (Å²) in [6.07, 6.45) is -2.54. The van der Waals surface area contributed by atoms with Crippen molar-refractivity contribution < 1.29 is 27.6 Å². The highest BCUT2D eigenvalue weighted by Gasteiger charge is 2.30. The van der Waals surface area contributed by atoms with E-state index in [-0.39, 0.29) is 11.4 Å². The van der Waals surface area contributed by atoms with Crippen molar-refractivity contribution in [3.05, 3.63) is 156 Å². The minimum atomic E-state index is -4.53. The Morgan fingerprint density at radius 1 is 0.714 bits per heavy atom. The quantitative estimate of drug-likeness (QED) is 0.0960. The molecule has 0 fully saturated rings. The lowest BCUT2D eigenvalue weighted by atomic mass is 10.0. The van der Waals surface area contributed by atoms with Gasteiger partial charge in [-0.25, -0.2) is 0 Å². The van der Waals surface area contributed by atoms with Crippen molar-refractivity contribution in [2.24, 2.45) is 0 Å². The third kappa shape index (κ3) is 9.71. The number of amides is 3. The Morgan fingerprint density at radius 2 is 1.33 bits per heavy atom. The molecule has 0 aliphatic carbocycles. The summed E-state index contributed by atoms with van der Waals surface area (Å²) in [7, 11) is 0. The van der Waals surface area contributed by atoms with Gasteiger partial charge in [0.2, 0.25) is 5.91 Å². The Balaban J connectivity index is 1.32. The van der Waals surface area contributed by atoms with Gasteiger partial charge in [-0.15, -0.1) is 11.8 Å². The van der Waals surface area contributed by atoms with E-state index >= 15 is 0 Å². The van der Waals surface area contributed by atoms with Crippen molar-refractivity contribution >= 4 is 46.9 Å². The maximum absolute atomic E-state index is 13.6. The number of halogens is 3. The first-order valence-electron chi connectivity index (χ1n) is 15.4. The number of anilines is 2. The van der Waals surface area contributed by atoms with E-state index in [4.69, 9.17) is 0 Å². The van der Waals surface area contributed by atoms with Crippen LogP contribution in [-0.4, -0.2) is 23.0 Å². The second-order valence-electron chi connectivity index (χ2n) is 10.9. The molecule has 0 radical (unpaired) electrons. The molecule has 0 saturated carbocycles. The van der Waals surface area contributed by atoms with Crippen molar-refractivity contribution in [3.8, 4) is 11.1 Å². The summed E-state index contributed by atoms with van der Waals surface area (Å²) in [6.45, 7) is 1.80. The molecular formula is C39H32F3N3O3S. The number of carbonyl (C=O) groups is 3. The van der Waals surface area contributed by atoms with Crippen LogP contribution in [0, 0.1) is 0 Å². The Hall–Kier alpha value is -5.61. The van der Waals surface area contributed by atoms with E-state index in [1.807, 2.05) is 54.6 Å². The van der Waals surface area contributed by atoms with Crippen LogP contribution in [0.4, 0.5) is 24.5 Å². The Bertz CT molecular complexity index is 1950. The van der Waals surface area contributed by atoms with Gasteiger partial charge in [0.1, 0.15) is 5.70 Å². The van der Waals surface area contributed by atoms with E-state index in [1.54, 1.807) is 67.6 Å². The molecule has 0 heterocycles. The molecule has 6 nitrogen and oxygen atoms in total.